The minimum absolute atomic E-state index is 0.148. The number of hydrogen-bond donors (Lipinski definition) is 1. The molecule has 29 heavy (non-hydrogen) atoms. The first kappa shape index (κ1) is 22.4. The molecule has 1 atom stereocenters. The lowest BCUT2D eigenvalue weighted by molar-refractivity contribution is -0.137. The highest BCUT2D eigenvalue weighted by Gasteiger charge is 2.30. The predicted molar refractivity (Wildman–Crippen MR) is 101 cm³/mol. The fourth-order valence-corrected chi connectivity index (χ4v) is 2.34. The summed E-state index contributed by atoms with van der Waals surface area (Å²) in [6, 6.07) is 9.52. The highest BCUT2D eigenvalue weighted by molar-refractivity contribution is 6.32. The zero-order valence-corrected chi connectivity index (χ0v) is 16.5. The molecule has 156 valence electrons. The second kappa shape index (κ2) is 9.51. The van der Waals surface area contributed by atoms with Crippen LogP contribution in [0.1, 0.15) is 36.6 Å². The van der Waals surface area contributed by atoms with E-state index in [0.29, 0.717) is 16.8 Å². The number of amides is 1. The Morgan fingerprint density at radius 3 is 2.59 bits per heavy atom. The van der Waals surface area contributed by atoms with Crippen molar-refractivity contribution < 1.29 is 32.4 Å². The molecular weight excluding hydrogens is 413 g/mol. The van der Waals surface area contributed by atoms with Crippen molar-refractivity contribution >= 4 is 23.4 Å². The summed E-state index contributed by atoms with van der Waals surface area (Å²) in [5.74, 6) is 0.148. The minimum atomic E-state index is -4.44. The quantitative estimate of drug-likeness (QED) is 0.484. The maximum Gasteiger partial charge on any atom is 0.440 e. The Morgan fingerprint density at radius 2 is 1.93 bits per heavy atom. The van der Waals surface area contributed by atoms with Gasteiger partial charge in [0.15, 0.2) is 5.75 Å². The average Bonchev–Trinajstić information content (AvgIpc) is 2.70. The Labute approximate surface area is 170 Å². The van der Waals surface area contributed by atoms with Crippen molar-refractivity contribution in [2.75, 3.05) is 7.11 Å². The van der Waals surface area contributed by atoms with E-state index in [-0.39, 0.29) is 10.8 Å². The van der Waals surface area contributed by atoms with E-state index in [1.54, 1.807) is 19.9 Å². The second-order valence-electron chi connectivity index (χ2n) is 5.89. The molecule has 2 aromatic carbocycles. The van der Waals surface area contributed by atoms with Gasteiger partial charge in [-0.05, 0) is 43.7 Å². The number of nitrogens with one attached hydrogen (secondary N) is 1. The van der Waals surface area contributed by atoms with Crippen molar-refractivity contribution in [1.82, 2.24) is 5.48 Å². The van der Waals surface area contributed by atoms with Gasteiger partial charge < -0.3 is 14.4 Å². The zero-order valence-electron chi connectivity index (χ0n) is 15.7. The minimum Gasteiger partial charge on any atom is -0.451 e. The standard InChI is InChI=1S/C19H18ClF3N2O4/c1-11(13-7-8-16(20)17(10-13)29-25-18(26)27-3)24-28-12(2)14-5-4-6-15(9-14)19(21,22)23/h4-10,12H,1-3H3,(H,25,26)/b24-11+. The maximum atomic E-state index is 12.8. The molecule has 0 bridgehead atoms. The van der Waals surface area contributed by atoms with E-state index in [1.807, 2.05) is 5.48 Å². The number of carbonyl (C=O) groups excluding carboxylic acids is 1. The summed E-state index contributed by atoms with van der Waals surface area (Å²) >= 11 is 6.01. The van der Waals surface area contributed by atoms with Crippen LogP contribution < -0.4 is 10.3 Å². The van der Waals surface area contributed by atoms with Crippen molar-refractivity contribution in [3.63, 3.8) is 0 Å². The van der Waals surface area contributed by atoms with Gasteiger partial charge in [0.2, 0.25) is 0 Å². The maximum absolute atomic E-state index is 12.8. The number of ether oxygens (including phenoxy) is 1. The van der Waals surface area contributed by atoms with E-state index in [2.05, 4.69) is 9.89 Å². The second-order valence-corrected chi connectivity index (χ2v) is 6.30. The molecule has 0 heterocycles. The number of nitrogens with zero attached hydrogens (tertiary/aromatic N) is 1. The lowest BCUT2D eigenvalue weighted by atomic mass is 10.1. The Balaban J connectivity index is 2.12. The highest BCUT2D eigenvalue weighted by Crippen LogP contribution is 2.31. The van der Waals surface area contributed by atoms with Crippen LogP contribution in [0.2, 0.25) is 5.02 Å². The van der Waals surface area contributed by atoms with Gasteiger partial charge in [-0.3, -0.25) is 0 Å². The number of carbonyl (C=O) groups is 1. The van der Waals surface area contributed by atoms with Crippen molar-refractivity contribution in [2.45, 2.75) is 26.1 Å². The van der Waals surface area contributed by atoms with Crippen LogP contribution in [0.25, 0.3) is 0 Å². The molecule has 0 aliphatic heterocycles. The summed E-state index contributed by atoms with van der Waals surface area (Å²) in [6.07, 6.45) is -5.96. The first-order valence-electron chi connectivity index (χ1n) is 8.30. The predicted octanol–water partition coefficient (Wildman–Crippen LogP) is 5.51. The molecule has 0 fully saturated rings. The molecule has 0 radical (unpaired) electrons. The van der Waals surface area contributed by atoms with Gasteiger partial charge in [-0.1, -0.05) is 35.0 Å². The number of alkyl halides is 3. The lowest BCUT2D eigenvalue weighted by Gasteiger charge is -2.14. The molecule has 0 aliphatic rings. The molecule has 0 aliphatic carbocycles. The number of benzene rings is 2. The van der Waals surface area contributed by atoms with E-state index in [0.717, 1.165) is 12.1 Å². The summed E-state index contributed by atoms with van der Waals surface area (Å²) in [7, 11) is 1.18. The van der Waals surface area contributed by atoms with Crippen LogP contribution in [0.15, 0.2) is 47.6 Å². The molecule has 0 saturated carbocycles. The third-order valence-electron chi connectivity index (χ3n) is 3.81. The summed E-state index contributed by atoms with van der Waals surface area (Å²) < 4.78 is 42.9. The zero-order chi connectivity index (χ0) is 21.6. The molecule has 10 heteroatoms. The average molecular weight is 431 g/mol. The van der Waals surface area contributed by atoms with Gasteiger partial charge >= 0.3 is 12.3 Å². The molecular formula is C19H18ClF3N2O4. The van der Waals surface area contributed by atoms with Crippen LogP contribution in [-0.4, -0.2) is 18.9 Å². The van der Waals surface area contributed by atoms with E-state index >= 15 is 0 Å². The van der Waals surface area contributed by atoms with E-state index in [1.165, 1.54) is 31.4 Å². The number of methoxy groups -OCH3 is 1. The molecule has 0 aromatic heterocycles. The molecule has 1 unspecified atom stereocenters. The fraction of sp³-hybridized carbons (Fsp3) is 0.263. The molecule has 0 spiro atoms. The normalized spacial score (nSPS) is 12.9. The van der Waals surface area contributed by atoms with Gasteiger partial charge in [0.25, 0.3) is 0 Å². The Kier molecular flexibility index (Phi) is 7.33. The Morgan fingerprint density at radius 1 is 1.21 bits per heavy atom. The van der Waals surface area contributed by atoms with Crippen molar-refractivity contribution in [2.24, 2.45) is 5.16 Å². The van der Waals surface area contributed by atoms with Crippen LogP contribution >= 0.6 is 11.6 Å². The number of hydrogen-bond acceptors (Lipinski definition) is 5. The third-order valence-corrected chi connectivity index (χ3v) is 4.12. The fourth-order valence-electron chi connectivity index (χ4n) is 2.18. The molecule has 2 aromatic rings. The van der Waals surface area contributed by atoms with Crippen molar-refractivity contribution in [1.29, 1.82) is 0 Å². The van der Waals surface area contributed by atoms with Gasteiger partial charge in [-0.2, -0.15) is 18.7 Å². The lowest BCUT2D eigenvalue weighted by Crippen LogP contribution is -2.26. The van der Waals surface area contributed by atoms with Gasteiger partial charge in [-0.15, -0.1) is 0 Å². The number of halogens is 4. The Bertz CT molecular complexity index is 903. The molecule has 2 rings (SSSR count). The van der Waals surface area contributed by atoms with E-state index in [9.17, 15) is 18.0 Å². The SMILES string of the molecule is COC(=O)NOc1cc(/C(C)=N/OC(C)c2cccc(C(F)(F)F)c2)ccc1Cl. The molecule has 6 nitrogen and oxygen atoms in total. The van der Waals surface area contributed by atoms with Gasteiger partial charge in [0.05, 0.1) is 23.4 Å². The van der Waals surface area contributed by atoms with Crippen LogP contribution in [-0.2, 0) is 15.8 Å². The molecule has 0 saturated heterocycles. The van der Waals surface area contributed by atoms with Crippen molar-refractivity contribution in [3.8, 4) is 5.75 Å². The van der Waals surface area contributed by atoms with Crippen LogP contribution in [0.5, 0.6) is 5.75 Å². The topological polar surface area (TPSA) is 69.2 Å². The largest absolute Gasteiger partial charge is 0.451 e. The van der Waals surface area contributed by atoms with E-state index < -0.39 is 23.9 Å². The smallest absolute Gasteiger partial charge is 0.440 e. The third kappa shape index (κ3) is 6.28. The summed E-state index contributed by atoms with van der Waals surface area (Å²) in [4.78, 5) is 21.5. The number of oxime groups is 1. The van der Waals surface area contributed by atoms with Crippen molar-refractivity contribution in [3.05, 3.63) is 64.2 Å². The summed E-state index contributed by atoms with van der Waals surface area (Å²) in [6.45, 7) is 3.22. The first-order chi connectivity index (χ1) is 13.6. The van der Waals surface area contributed by atoms with E-state index in [4.69, 9.17) is 21.3 Å². The van der Waals surface area contributed by atoms with Crippen LogP contribution in [0.4, 0.5) is 18.0 Å². The highest BCUT2D eigenvalue weighted by atomic mass is 35.5. The van der Waals surface area contributed by atoms with Gasteiger partial charge in [0, 0.05) is 5.56 Å². The summed E-state index contributed by atoms with van der Waals surface area (Å²) in [5, 5.41) is 4.20. The van der Waals surface area contributed by atoms with Gasteiger partial charge in [0.1, 0.15) is 6.10 Å². The molecule has 1 N–H and O–H groups in total. The van der Waals surface area contributed by atoms with Gasteiger partial charge in [-0.25, -0.2) is 4.79 Å². The summed E-state index contributed by atoms with van der Waals surface area (Å²) in [5.41, 5.74) is 2.59. The van der Waals surface area contributed by atoms with Crippen LogP contribution in [0.3, 0.4) is 0 Å². The monoisotopic (exact) mass is 430 g/mol. The Hall–Kier alpha value is -2.94. The van der Waals surface area contributed by atoms with Crippen LogP contribution in [0, 0.1) is 0 Å². The first-order valence-corrected chi connectivity index (χ1v) is 8.68. The number of rotatable bonds is 6. The molecule has 1 amide bonds. The number of hydroxylamine groups is 1.